The van der Waals surface area contributed by atoms with Gasteiger partial charge in [-0.3, -0.25) is 4.79 Å². The largest absolute Gasteiger partial charge is 0.467 e. The molecular formula is C17H15Cl2NO3. The Morgan fingerprint density at radius 2 is 1.78 bits per heavy atom. The monoisotopic (exact) mass is 351 g/mol. The van der Waals surface area contributed by atoms with E-state index in [-0.39, 0.29) is 12.3 Å². The fraction of sp³-hybridized carbons (Fsp3) is 0.176. The first-order chi connectivity index (χ1) is 11.0. The Morgan fingerprint density at radius 1 is 1.09 bits per heavy atom. The van der Waals surface area contributed by atoms with Crippen LogP contribution in [0.2, 0.25) is 10.0 Å². The standard InChI is InChI=1S/C17H15Cl2NO3/c1-23-17(22)15(10-11-3-2-4-14(19)9-11)20-16(21)12-5-7-13(18)8-6-12/h2-9,15H,10H2,1H3,(H,20,21)/t15-/m0/s1. The number of hydrogen-bond donors (Lipinski definition) is 1. The van der Waals surface area contributed by atoms with Gasteiger partial charge in [-0.25, -0.2) is 4.79 Å². The van der Waals surface area contributed by atoms with Crippen molar-refractivity contribution in [3.05, 3.63) is 69.7 Å². The first kappa shape index (κ1) is 17.3. The molecule has 0 saturated heterocycles. The van der Waals surface area contributed by atoms with Crippen molar-refractivity contribution >= 4 is 35.1 Å². The highest BCUT2D eigenvalue weighted by Gasteiger charge is 2.22. The third-order valence-electron chi connectivity index (χ3n) is 3.23. The van der Waals surface area contributed by atoms with Gasteiger partial charge in [-0.15, -0.1) is 0 Å². The molecule has 0 aromatic heterocycles. The normalized spacial score (nSPS) is 11.6. The molecule has 0 aliphatic rings. The van der Waals surface area contributed by atoms with E-state index in [4.69, 9.17) is 27.9 Å². The van der Waals surface area contributed by atoms with Crippen LogP contribution in [0.25, 0.3) is 0 Å². The van der Waals surface area contributed by atoms with Crippen LogP contribution in [-0.2, 0) is 16.0 Å². The molecule has 0 aliphatic heterocycles. The lowest BCUT2D eigenvalue weighted by Crippen LogP contribution is -2.43. The van der Waals surface area contributed by atoms with Gasteiger partial charge >= 0.3 is 5.97 Å². The highest BCUT2D eigenvalue weighted by atomic mass is 35.5. The van der Waals surface area contributed by atoms with Gasteiger partial charge in [0.2, 0.25) is 0 Å². The van der Waals surface area contributed by atoms with Crippen molar-refractivity contribution in [1.82, 2.24) is 5.32 Å². The molecule has 0 bridgehead atoms. The first-order valence-corrected chi connectivity index (χ1v) is 7.64. The number of ether oxygens (including phenoxy) is 1. The lowest BCUT2D eigenvalue weighted by Gasteiger charge is -2.17. The third-order valence-corrected chi connectivity index (χ3v) is 3.71. The van der Waals surface area contributed by atoms with Crippen LogP contribution in [0.5, 0.6) is 0 Å². The number of benzene rings is 2. The molecule has 2 rings (SSSR count). The van der Waals surface area contributed by atoms with Crippen molar-refractivity contribution in [3.8, 4) is 0 Å². The average Bonchev–Trinajstić information content (AvgIpc) is 2.54. The minimum absolute atomic E-state index is 0.284. The van der Waals surface area contributed by atoms with E-state index in [0.29, 0.717) is 15.6 Å². The molecule has 0 radical (unpaired) electrons. The molecule has 120 valence electrons. The van der Waals surface area contributed by atoms with Gasteiger partial charge in [-0.1, -0.05) is 35.3 Å². The number of esters is 1. The molecule has 0 heterocycles. The van der Waals surface area contributed by atoms with Gasteiger partial charge < -0.3 is 10.1 Å². The van der Waals surface area contributed by atoms with Crippen molar-refractivity contribution in [2.75, 3.05) is 7.11 Å². The molecule has 6 heteroatoms. The van der Waals surface area contributed by atoms with Crippen molar-refractivity contribution in [2.45, 2.75) is 12.5 Å². The van der Waals surface area contributed by atoms with Crippen LogP contribution in [0.3, 0.4) is 0 Å². The maximum atomic E-state index is 12.3. The quantitative estimate of drug-likeness (QED) is 0.838. The Morgan fingerprint density at radius 3 is 2.39 bits per heavy atom. The highest BCUT2D eigenvalue weighted by Crippen LogP contribution is 2.14. The fourth-order valence-electron chi connectivity index (χ4n) is 2.08. The lowest BCUT2D eigenvalue weighted by atomic mass is 10.1. The van der Waals surface area contributed by atoms with Gasteiger partial charge in [0, 0.05) is 22.0 Å². The summed E-state index contributed by atoms with van der Waals surface area (Å²) in [6, 6.07) is 12.7. The molecule has 1 N–H and O–H groups in total. The zero-order valence-corrected chi connectivity index (χ0v) is 13.9. The number of methoxy groups -OCH3 is 1. The van der Waals surface area contributed by atoms with Crippen LogP contribution >= 0.6 is 23.2 Å². The summed E-state index contributed by atoms with van der Waals surface area (Å²) in [6.45, 7) is 0. The predicted molar refractivity (Wildman–Crippen MR) is 89.9 cm³/mol. The summed E-state index contributed by atoms with van der Waals surface area (Å²) in [7, 11) is 1.28. The SMILES string of the molecule is COC(=O)[C@H](Cc1cccc(Cl)c1)NC(=O)c1ccc(Cl)cc1. The van der Waals surface area contributed by atoms with E-state index in [0.717, 1.165) is 5.56 Å². The van der Waals surface area contributed by atoms with Crippen LogP contribution in [0.1, 0.15) is 15.9 Å². The lowest BCUT2D eigenvalue weighted by molar-refractivity contribution is -0.142. The summed E-state index contributed by atoms with van der Waals surface area (Å²) in [5.74, 6) is -0.897. The molecule has 0 aliphatic carbocycles. The van der Waals surface area contributed by atoms with Crippen LogP contribution in [-0.4, -0.2) is 25.0 Å². The Balaban J connectivity index is 2.13. The Hall–Kier alpha value is -2.04. The second-order valence-electron chi connectivity index (χ2n) is 4.89. The molecule has 1 atom stereocenters. The molecule has 0 spiro atoms. The van der Waals surface area contributed by atoms with E-state index in [2.05, 4.69) is 5.32 Å². The number of halogens is 2. The van der Waals surface area contributed by atoms with Crippen LogP contribution in [0.4, 0.5) is 0 Å². The maximum absolute atomic E-state index is 12.3. The highest BCUT2D eigenvalue weighted by molar-refractivity contribution is 6.30. The maximum Gasteiger partial charge on any atom is 0.328 e. The summed E-state index contributed by atoms with van der Waals surface area (Å²) < 4.78 is 4.76. The first-order valence-electron chi connectivity index (χ1n) is 6.88. The number of hydrogen-bond acceptors (Lipinski definition) is 3. The molecule has 4 nitrogen and oxygen atoms in total. The topological polar surface area (TPSA) is 55.4 Å². The van der Waals surface area contributed by atoms with Crippen molar-refractivity contribution in [2.24, 2.45) is 0 Å². The van der Waals surface area contributed by atoms with Gasteiger partial charge in [-0.05, 0) is 42.0 Å². The van der Waals surface area contributed by atoms with Crippen LogP contribution in [0, 0.1) is 0 Å². The Labute approximate surface area is 144 Å². The van der Waals surface area contributed by atoms with Gasteiger partial charge in [-0.2, -0.15) is 0 Å². The second-order valence-corrected chi connectivity index (χ2v) is 5.76. The fourth-order valence-corrected chi connectivity index (χ4v) is 2.42. The van der Waals surface area contributed by atoms with Crippen LogP contribution in [0.15, 0.2) is 48.5 Å². The Bertz CT molecular complexity index is 701. The van der Waals surface area contributed by atoms with Crippen molar-refractivity contribution in [3.63, 3.8) is 0 Å². The molecule has 0 unspecified atom stereocenters. The summed E-state index contributed by atoms with van der Waals surface area (Å²) in [5, 5.41) is 3.77. The van der Waals surface area contributed by atoms with Crippen LogP contribution < -0.4 is 5.32 Å². The molecule has 2 aromatic rings. The molecular weight excluding hydrogens is 337 g/mol. The van der Waals surface area contributed by atoms with E-state index < -0.39 is 12.0 Å². The number of carbonyl (C=O) groups is 2. The molecule has 0 fully saturated rings. The average molecular weight is 352 g/mol. The predicted octanol–water partition coefficient (Wildman–Crippen LogP) is 3.51. The molecule has 23 heavy (non-hydrogen) atoms. The minimum atomic E-state index is -0.804. The summed E-state index contributed by atoms with van der Waals surface area (Å²) in [6.07, 6.45) is 0.284. The zero-order chi connectivity index (χ0) is 16.8. The van der Waals surface area contributed by atoms with Gasteiger partial charge in [0.15, 0.2) is 0 Å². The van der Waals surface area contributed by atoms with E-state index in [1.165, 1.54) is 7.11 Å². The van der Waals surface area contributed by atoms with E-state index in [9.17, 15) is 9.59 Å². The summed E-state index contributed by atoms with van der Waals surface area (Å²) in [5.41, 5.74) is 1.23. The van der Waals surface area contributed by atoms with Gasteiger partial charge in [0.25, 0.3) is 5.91 Å². The summed E-state index contributed by atoms with van der Waals surface area (Å²) >= 11 is 11.7. The zero-order valence-electron chi connectivity index (χ0n) is 12.4. The van der Waals surface area contributed by atoms with Gasteiger partial charge in [0.05, 0.1) is 7.11 Å². The molecule has 0 saturated carbocycles. The molecule has 2 aromatic carbocycles. The number of carbonyl (C=O) groups excluding carboxylic acids is 2. The smallest absolute Gasteiger partial charge is 0.328 e. The number of nitrogens with one attached hydrogen (secondary N) is 1. The van der Waals surface area contributed by atoms with E-state index >= 15 is 0 Å². The third kappa shape index (κ3) is 4.98. The van der Waals surface area contributed by atoms with Crippen molar-refractivity contribution in [1.29, 1.82) is 0 Å². The second kappa shape index (κ2) is 7.99. The van der Waals surface area contributed by atoms with Crippen molar-refractivity contribution < 1.29 is 14.3 Å². The Kier molecular flexibility index (Phi) is 6.02. The minimum Gasteiger partial charge on any atom is -0.467 e. The number of amides is 1. The van der Waals surface area contributed by atoms with Gasteiger partial charge in [0.1, 0.15) is 6.04 Å². The molecule has 1 amide bonds. The van der Waals surface area contributed by atoms with E-state index in [1.54, 1.807) is 42.5 Å². The summed E-state index contributed by atoms with van der Waals surface area (Å²) in [4.78, 5) is 24.2. The number of rotatable bonds is 5. The van der Waals surface area contributed by atoms with E-state index in [1.807, 2.05) is 6.07 Å².